The van der Waals surface area contributed by atoms with Crippen molar-refractivity contribution in [1.29, 1.82) is 0 Å². The first-order valence-electron chi connectivity index (χ1n) is 6.67. The number of halogens is 1. The number of nitrogens with zero attached hydrogens (tertiary/aromatic N) is 2. The molecule has 1 aromatic heterocycles. The van der Waals surface area contributed by atoms with Crippen LogP contribution in [-0.4, -0.2) is 28.0 Å². The molecule has 2 heterocycles. The molecular formula is C14H18FN3. The molecule has 1 N–H and O–H groups in total. The molecule has 1 aliphatic heterocycles. The number of rotatable bonds is 2. The molecular weight excluding hydrogens is 229 g/mol. The van der Waals surface area contributed by atoms with Gasteiger partial charge in [0.25, 0.3) is 0 Å². The van der Waals surface area contributed by atoms with Crippen LogP contribution < -0.4 is 0 Å². The average molecular weight is 247 g/mol. The molecule has 0 aliphatic carbocycles. The summed E-state index contributed by atoms with van der Waals surface area (Å²) in [5.41, 5.74) is 1.65. The van der Waals surface area contributed by atoms with E-state index in [1.807, 2.05) is 0 Å². The van der Waals surface area contributed by atoms with Gasteiger partial charge in [-0.1, -0.05) is 13.3 Å². The van der Waals surface area contributed by atoms with E-state index in [1.54, 1.807) is 6.07 Å². The summed E-state index contributed by atoms with van der Waals surface area (Å²) in [5, 5.41) is 0. The largest absolute Gasteiger partial charge is 0.341 e. The van der Waals surface area contributed by atoms with Gasteiger partial charge in [-0.25, -0.2) is 9.37 Å². The minimum atomic E-state index is -0.214. The highest BCUT2D eigenvalue weighted by molar-refractivity contribution is 5.75. The van der Waals surface area contributed by atoms with E-state index in [-0.39, 0.29) is 5.82 Å². The number of fused-ring (bicyclic) bond motifs is 1. The molecule has 3 nitrogen and oxygen atoms in total. The third-order valence-corrected chi connectivity index (χ3v) is 3.80. The fraction of sp³-hybridized carbons (Fsp3) is 0.500. The summed E-state index contributed by atoms with van der Waals surface area (Å²) in [6.07, 6.45) is 3.64. The molecule has 18 heavy (non-hydrogen) atoms. The Morgan fingerprint density at radius 3 is 3.17 bits per heavy atom. The number of hydrogen-bond donors (Lipinski definition) is 1. The maximum Gasteiger partial charge on any atom is 0.125 e. The molecule has 1 saturated heterocycles. The van der Waals surface area contributed by atoms with E-state index in [2.05, 4.69) is 21.8 Å². The van der Waals surface area contributed by atoms with Crippen molar-refractivity contribution in [3.63, 3.8) is 0 Å². The van der Waals surface area contributed by atoms with Crippen LogP contribution in [0.5, 0.6) is 0 Å². The zero-order chi connectivity index (χ0) is 12.5. The van der Waals surface area contributed by atoms with Crippen molar-refractivity contribution in [3.8, 4) is 0 Å². The Hall–Kier alpha value is -1.42. The number of benzene rings is 1. The van der Waals surface area contributed by atoms with Crippen molar-refractivity contribution in [1.82, 2.24) is 14.9 Å². The van der Waals surface area contributed by atoms with Crippen molar-refractivity contribution in [3.05, 3.63) is 29.8 Å². The summed E-state index contributed by atoms with van der Waals surface area (Å²) in [6.45, 7) is 4.35. The Balaban J connectivity index is 1.97. The van der Waals surface area contributed by atoms with Crippen molar-refractivity contribution >= 4 is 11.0 Å². The van der Waals surface area contributed by atoms with E-state index in [9.17, 15) is 4.39 Å². The van der Waals surface area contributed by atoms with E-state index in [0.29, 0.717) is 6.04 Å². The van der Waals surface area contributed by atoms with Crippen LogP contribution in [0.2, 0.25) is 0 Å². The molecule has 1 fully saturated rings. The third-order valence-electron chi connectivity index (χ3n) is 3.80. The van der Waals surface area contributed by atoms with Gasteiger partial charge in [-0.15, -0.1) is 0 Å². The maximum atomic E-state index is 13.2. The molecule has 96 valence electrons. The fourth-order valence-corrected chi connectivity index (χ4v) is 2.84. The van der Waals surface area contributed by atoms with E-state index in [4.69, 9.17) is 0 Å². The number of imidazole rings is 1. The summed E-state index contributed by atoms with van der Waals surface area (Å²) < 4.78 is 13.2. The Morgan fingerprint density at radius 1 is 1.44 bits per heavy atom. The lowest BCUT2D eigenvalue weighted by molar-refractivity contribution is 0.151. The molecule has 1 aromatic carbocycles. The van der Waals surface area contributed by atoms with Gasteiger partial charge in [0.1, 0.15) is 11.6 Å². The van der Waals surface area contributed by atoms with Crippen molar-refractivity contribution in [2.45, 2.75) is 32.2 Å². The van der Waals surface area contributed by atoms with Gasteiger partial charge in [-0.05, 0) is 44.1 Å². The van der Waals surface area contributed by atoms with Crippen molar-refractivity contribution in [2.24, 2.45) is 0 Å². The summed E-state index contributed by atoms with van der Waals surface area (Å²) in [5.74, 6) is 0.769. The van der Waals surface area contributed by atoms with Gasteiger partial charge in [0.05, 0.1) is 17.1 Å². The van der Waals surface area contributed by atoms with Crippen LogP contribution in [0.3, 0.4) is 0 Å². The number of likely N-dealkylation sites (tertiary alicyclic amines) is 1. The lowest BCUT2D eigenvalue weighted by Gasteiger charge is -2.33. The maximum absolute atomic E-state index is 13.2. The first-order valence-corrected chi connectivity index (χ1v) is 6.67. The predicted octanol–water partition coefficient (Wildman–Crippen LogP) is 3.25. The molecule has 4 heteroatoms. The van der Waals surface area contributed by atoms with Crippen LogP contribution >= 0.6 is 0 Å². The van der Waals surface area contributed by atoms with Crippen LogP contribution in [-0.2, 0) is 0 Å². The zero-order valence-corrected chi connectivity index (χ0v) is 10.6. The minimum Gasteiger partial charge on any atom is -0.341 e. The molecule has 1 unspecified atom stereocenters. The smallest absolute Gasteiger partial charge is 0.125 e. The van der Waals surface area contributed by atoms with Gasteiger partial charge in [-0.3, -0.25) is 4.90 Å². The fourth-order valence-electron chi connectivity index (χ4n) is 2.84. The molecule has 1 atom stereocenters. The Kier molecular flexibility index (Phi) is 3.04. The monoisotopic (exact) mass is 247 g/mol. The van der Waals surface area contributed by atoms with Crippen LogP contribution in [0.15, 0.2) is 18.2 Å². The van der Waals surface area contributed by atoms with E-state index >= 15 is 0 Å². The average Bonchev–Trinajstić information content (AvgIpc) is 2.81. The number of H-pyrrole nitrogens is 1. The molecule has 2 aromatic rings. The third kappa shape index (κ3) is 2.01. The number of nitrogens with one attached hydrogen (secondary N) is 1. The minimum absolute atomic E-state index is 0.214. The highest BCUT2D eigenvalue weighted by Crippen LogP contribution is 2.30. The van der Waals surface area contributed by atoms with Gasteiger partial charge < -0.3 is 4.98 Å². The van der Waals surface area contributed by atoms with Gasteiger partial charge in [0.2, 0.25) is 0 Å². The SMILES string of the molecule is CCN1CCCCC1c1nc2ccc(F)cc2[nH]1. The van der Waals surface area contributed by atoms with E-state index in [0.717, 1.165) is 36.4 Å². The van der Waals surface area contributed by atoms with Crippen LogP contribution in [0, 0.1) is 5.82 Å². The summed E-state index contributed by atoms with van der Waals surface area (Å²) in [4.78, 5) is 10.3. The van der Waals surface area contributed by atoms with Crippen LogP contribution in [0.4, 0.5) is 4.39 Å². The predicted molar refractivity (Wildman–Crippen MR) is 69.9 cm³/mol. The first-order chi connectivity index (χ1) is 8.78. The lowest BCUT2D eigenvalue weighted by atomic mass is 10.0. The molecule has 0 saturated carbocycles. The second-order valence-electron chi connectivity index (χ2n) is 4.92. The molecule has 0 radical (unpaired) electrons. The number of piperidine rings is 1. The summed E-state index contributed by atoms with van der Waals surface area (Å²) >= 11 is 0. The second-order valence-corrected chi connectivity index (χ2v) is 4.92. The molecule has 0 amide bonds. The van der Waals surface area contributed by atoms with Crippen LogP contribution in [0.1, 0.15) is 38.1 Å². The molecule has 0 bridgehead atoms. The normalized spacial score (nSPS) is 21.6. The van der Waals surface area contributed by atoms with Crippen molar-refractivity contribution in [2.75, 3.05) is 13.1 Å². The Morgan fingerprint density at radius 2 is 2.33 bits per heavy atom. The zero-order valence-electron chi connectivity index (χ0n) is 10.6. The molecule has 1 aliphatic rings. The summed E-state index contributed by atoms with van der Waals surface area (Å²) in [7, 11) is 0. The van der Waals surface area contributed by atoms with Crippen LogP contribution in [0.25, 0.3) is 11.0 Å². The highest BCUT2D eigenvalue weighted by Gasteiger charge is 2.25. The van der Waals surface area contributed by atoms with Gasteiger partial charge >= 0.3 is 0 Å². The standard InChI is InChI=1S/C14H18FN3/c1-2-18-8-4-3-5-13(18)14-16-11-7-6-10(15)9-12(11)17-14/h6-7,9,13H,2-5,8H2,1H3,(H,16,17). The number of hydrogen-bond acceptors (Lipinski definition) is 2. The Labute approximate surface area is 106 Å². The first kappa shape index (κ1) is 11.7. The lowest BCUT2D eigenvalue weighted by Crippen LogP contribution is -2.33. The number of aromatic amines is 1. The van der Waals surface area contributed by atoms with Crippen molar-refractivity contribution < 1.29 is 4.39 Å². The van der Waals surface area contributed by atoms with Gasteiger partial charge in [0, 0.05) is 0 Å². The molecule has 0 spiro atoms. The number of aromatic nitrogens is 2. The van der Waals surface area contributed by atoms with E-state index in [1.165, 1.54) is 25.0 Å². The Bertz CT molecular complexity index is 549. The topological polar surface area (TPSA) is 31.9 Å². The quantitative estimate of drug-likeness (QED) is 0.883. The second kappa shape index (κ2) is 4.69. The van der Waals surface area contributed by atoms with Gasteiger partial charge in [-0.2, -0.15) is 0 Å². The summed E-state index contributed by atoms with van der Waals surface area (Å²) in [6, 6.07) is 5.08. The van der Waals surface area contributed by atoms with Gasteiger partial charge in [0.15, 0.2) is 0 Å². The molecule has 3 rings (SSSR count). The highest BCUT2D eigenvalue weighted by atomic mass is 19.1. The van der Waals surface area contributed by atoms with E-state index < -0.39 is 0 Å².